The first-order valence-electron chi connectivity index (χ1n) is 10.3. The van der Waals surface area contributed by atoms with Crippen molar-refractivity contribution in [3.63, 3.8) is 0 Å². The molecule has 3 heterocycles. The molecule has 0 N–H and O–H groups in total. The number of thiophene rings is 1. The second-order valence-corrected chi connectivity index (χ2v) is 8.19. The normalized spacial score (nSPS) is 11.0. The third-order valence-corrected chi connectivity index (χ3v) is 5.93. The molecule has 0 saturated carbocycles. The van der Waals surface area contributed by atoms with Crippen molar-refractivity contribution in [2.45, 2.75) is 65.2 Å². The third kappa shape index (κ3) is 5.74. The third-order valence-electron chi connectivity index (χ3n) is 4.80. The first-order chi connectivity index (χ1) is 13.3. The van der Waals surface area contributed by atoms with E-state index in [1.54, 1.807) is 11.3 Å². The average Bonchev–Trinajstić information content (AvgIpc) is 3.19. The second-order valence-electron chi connectivity index (χ2n) is 7.11. The number of pyridine rings is 2. The molecule has 0 aliphatic rings. The van der Waals surface area contributed by atoms with Crippen molar-refractivity contribution in [3.8, 4) is 21.1 Å². The Morgan fingerprint density at radius 1 is 0.630 bits per heavy atom. The number of rotatable bonds is 10. The topological polar surface area (TPSA) is 25.8 Å². The summed E-state index contributed by atoms with van der Waals surface area (Å²) in [6.07, 6.45) is 9.62. The van der Waals surface area contributed by atoms with Crippen LogP contribution in [0.2, 0.25) is 0 Å². The summed E-state index contributed by atoms with van der Waals surface area (Å²) in [5.41, 5.74) is 4.57. The molecular formula is C24H30N2S. The van der Waals surface area contributed by atoms with E-state index in [4.69, 9.17) is 9.97 Å². The Bertz CT molecular complexity index is 770. The molecular weight excluding hydrogens is 348 g/mol. The largest absolute Gasteiger partial charge is 0.252 e. The second kappa shape index (κ2) is 10.4. The van der Waals surface area contributed by atoms with E-state index in [2.05, 4.69) is 62.4 Å². The van der Waals surface area contributed by atoms with E-state index in [1.807, 2.05) is 0 Å². The minimum absolute atomic E-state index is 1.07. The van der Waals surface area contributed by atoms with Gasteiger partial charge in [0.2, 0.25) is 0 Å². The lowest BCUT2D eigenvalue weighted by molar-refractivity contribution is 0.708. The maximum Gasteiger partial charge on any atom is 0.0805 e. The highest BCUT2D eigenvalue weighted by atomic mass is 32.1. The van der Waals surface area contributed by atoms with Gasteiger partial charge in [0.15, 0.2) is 0 Å². The highest BCUT2D eigenvalue weighted by Gasteiger charge is 2.08. The van der Waals surface area contributed by atoms with Gasteiger partial charge in [0.05, 0.1) is 21.1 Å². The molecule has 0 atom stereocenters. The van der Waals surface area contributed by atoms with Crippen molar-refractivity contribution < 1.29 is 0 Å². The fourth-order valence-corrected chi connectivity index (χ4v) is 4.18. The molecule has 0 spiro atoms. The van der Waals surface area contributed by atoms with Crippen molar-refractivity contribution in [1.29, 1.82) is 0 Å². The van der Waals surface area contributed by atoms with Crippen LogP contribution in [0.5, 0.6) is 0 Å². The molecule has 3 aromatic heterocycles. The molecule has 0 saturated heterocycles. The van der Waals surface area contributed by atoms with Crippen LogP contribution in [-0.4, -0.2) is 9.97 Å². The number of hydrogen-bond donors (Lipinski definition) is 0. The van der Waals surface area contributed by atoms with Gasteiger partial charge in [-0.1, -0.05) is 51.7 Å². The zero-order valence-corrected chi connectivity index (χ0v) is 17.4. The van der Waals surface area contributed by atoms with Crippen molar-refractivity contribution in [2.24, 2.45) is 0 Å². The summed E-state index contributed by atoms with van der Waals surface area (Å²) >= 11 is 1.79. The van der Waals surface area contributed by atoms with E-state index in [0.717, 1.165) is 24.2 Å². The Balaban J connectivity index is 1.73. The predicted octanol–water partition coefficient (Wildman–Crippen LogP) is 7.34. The predicted molar refractivity (Wildman–Crippen MR) is 117 cm³/mol. The minimum atomic E-state index is 1.07. The van der Waals surface area contributed by atoms with E-state index < -0.39 is 0 Å². The van der Waals surface area contributed by atoms with Gasteiger partial charge in [0.25, 0.3) is 0 Å². The minimum Gasteiger partial charge on any atom is -0.252 e. The summed E-state index contributed by atoms with van der Waals surface area (Å²) in [6, 6.07) is 17.2. The molecule has 2 nitrogen and oxygen atoms in total. The van der Waals surface area contributed by atoms with Gasteiger partial charge < -0.3 is 0 Å². The van der Waals surface area contributed by atoms with Gasteiger partial charge in [-0.25, -0.2) is 0 Å². The molecule has 0 aliphatic heterocycles. The summed E-state index contributed by atoms with van der Waals surface area (Å²) < 4.78 is 0. The lowest BCUT2D eigenvalue weighted by Gasteiger charge is -2.04. The molecule has 142 valence electrons. The van der Waals surface area contributed by atoms with Gasteiger partial charge in [-0.15, -0.1) is 11.3 Å². The van der Waals surface area contributed by atoms with Crippen LogP contribution in [0.25, 0.3) is 21.1 Å². The van der Waals surface area contributed by atoms with E-state index in [0.29, 0.717) is 0 Å². The number of unbranched alkanes of at least 4 members (excludes halogenated alkanes) is 4. The standard InChI is InChI=1S/C24H30N2S/c1-3-5-7-11-19-13-9-15-21(25-19)23-17-18-24(27-23)22-16-10-14-20(26-22)12-8-6-4-2/h9-10,13-18H,3-8,11-12H2,1-2H3. The van der Waals surface area contributed by atoms with Gasteiger partial charge in [-0.3, -0.25) is 9.97 Å². The molecule has 0 amide bonds. The number of nitrogens with zero attached hydrogens (tertiary/aromatic N) is 2. The van der Waals surface area contributed by atoms with Crippen LogP contribution >= 0.6 is 11.3 Å². The van der Waals surface area contributed by atoms with Crippen LogP contribution in [-0.2, 0) is 12.8 Å². The lowest BCUT2D eigenvalue weighted by atomic mass is 10.1. The molecule has 0 fully saturated rings. The number of aryl methyl sites for hydroxylation is 2. The van der Waals surface area contributed by atoms with Crippen LogP contribution < -0.4 is 0 Å². The molecule has 27 heavy (non-hydrogen) atoms. The summed E-state index contributed by atoms with van der Waals surface area (Å²) in [7, 11) is 0. The van der Waals surface area contributed by atoms with Crippen LogP contribution in [0.1, 0.15) is 63.8 Å². The van der Waals surface area contributed by atoms with Crippen molar-refractivity contribution in [2.75, 3.05) is 0 Å². The number of aromatic nitrogens is 2. The van der Waals surface area contributed by atoms with Crippen molar-refractivity contribution in [1.82, 2.24) is 9.97 Å². The van der Waals surface area contributed by atoms with Crippen LogP contribution in [0.15, 0.2) is 48.5 Å². The summed E-state index contributed by atoms with van der Waals surface area (Å²) in [6.45, 7) is 4.48. The van der Waals surface area contributed by atoms with Gasteiger partial charge in [-0.05, 0) is 62.1 Å². The quantitative estimate of drug-likeness (QED) is 0.345. The van der Waals surface area contributed by atoms with Crippen molar-refractivity contribution >= 4 is 11.3 Å². The van der Waals surface area contributed by atoms with E-state index in [9.17, 15) is 0 Å². The fraction of sp³-hybridized carbons (Fsp3) is 0.417. The van der Waals surface area contributed by atoms with E-state index in [-0.39, 0.29) is 0 Å². The van der Waals surface area contributed by atoms with Gasteiger partial charge in [0.1, 0.15) is 0 Å². The smallest absolute Gasteiger partial charge is 0.0805 e. The maximum absolute atomic E-state index is 4.88. The van der Waals surface area contributed by atoms with Crippen LogP contribution in [0.4, 0.5) is 0 Å². The molecule has 0 aromatic carbocycles. The molecule has 3 aromatic rings. The lowest BCUT2D eigenvalue weighted by Crippen LogP contribution is -1.92. The number of hydrogen-bond acceptors (Lipinski definition) is 3. The Morgan fingerprint density at radius 3 is 1.56 bits per heavy atom. The zero-order chi connectivity index (χ0) is 18.9. The first kappa shape index (κ1) is 19.8. The first-order valence-corrected chi connectivity index (χ1v) is 11.1. The highest BCUT2D eigenvalue weighted by Crippen LogP contribution is 2.33. The van der Waals surface area contributed by atoms with Crippen LogP contribution in [0.3, 0.4) is 0 Å². The summed E-state index contributed by atoms with van der Waals surface area (Å²) in [4.78, 5) is 12.2. The fourth-order valence-electron chi connectivity index (χ4n) is 3.24. The SMILES string of the molecule is CCCCCc1cccc(-c2ccc(-c3cccc(CCCCC)n3)s2)n1. The zero-order valence-electron chi connectivity index (χ0n) is 16.6. The van der Waals surface area contributed by atoms with Gasteiger partial charge >= 0.3 is 0 Å². The van der Waals surface area contributed by atoms with Crippen LogP contribution in [0, 0.1) is 0 Å². The maximum atomic E-state index is 4.88. The Hall–Kier alpha value is -2.00. The van der Waals surface area contributed by atoms with E-state index >= 15 is 0 Å². The molecule has 0 radical (unpaired) electrons. The Kier molecular flexibility index (Phi) is 7.58. The monoisotopic (exact) mass is 378 g/mol. The van der Waals surface area contributed by atoms with Crippen molar-refractivity contribution in [3.05, 3.63) is 59.9 Å². The van der Waals surface area contributed by atoms with E-state index in [1.165, 1.54) is 59.7 Å². The van der Waals surface area contributed by atoms with Gasteiger partial charge in [-0.2, -0.15) is 0 Å². The molecule has 3 rings (SSSR count). The molecule has 3 heteroatoms. The molecule has 0 bridgehead atoms. The molecule has 0 aliphatic carbocycles. The summed E-state index contributed by atoms with van der Waals surface area (Å²) in [5, 5.41) is 0. The average molecular weight is 379 g/mol. The van der Waals surface area contributed by atoms with Gasteiger partial charge in [0, 0.05) is 11.4 Å². The Morgan fingerprint density at radius 2 is 1.11 bits per heavy atom. The highest BCUT2D eigenvalue weighted by molar-refractivity contribution is 7.18. The molecule has 0 unspecified atom stereocenters. The Labute approximate surface area is 167 Å². The summed E-state index contributed by atoms with van der Waals surface area (Å²) in [5.74, 6) is 0.